The summed E-state index contributed by atoms with van der Waals surface area (Å²) in [6.07, 6.45) is -7.66. The number of Topliss-reactive ketones (excluding diaryl/α,β-unsaturated/α-hetero) is 1. The van der Waals surface area contributed by atoms with Crippen molar-refractivity contribution in [3.8, 4) is 0 Å². The molecule has 5 heteroatoms. The fourth-order valence-corrected chi connectivity index (χ4v) is 0.477. The standard InChI is InChI=1S/C6H9F3O2/c1-3(2)4(10)5(11)6(7,8)9/h3,5,11H,1-2H3/t5-/m1/s1. The van der Waals surface area contributed by atoms with Crippen LogP contribution in [0.2, 0.25) is 0 Å². The Morgan fingerprint density at radius 1 is 1.36 bits per heavy atom. The molecule has 0 rings (SSSR count). The first-order chi connectivity index (χ1) is 4.76. The highest BCUT2D eigenvalue weighted by Crippen LogP contribution is 2.22. The molecule has 0 aliphatic rings. The van der Waals surface area contributed by atoms with Crippen molar-refractivity contribution in [2.75, 3.05) is 0 Å². The summed E-state index contributed by atoms with van der Waals surface area (Å²) in [6, 6.07) is 0. The molecule has 0 fully saturated rings. The van der Waals surface area contributed by atoms with E-state index in [1.165, 1.54) is 13.8 Å². The number of ketones is 1. The molecule has 11 heavy (non-hydrogen) atoms. The maximum atomic E-state index is 11.6. The van der Waals surface area contributed by atoms with Crippen molar-refractivity contribution < 1.29 is 23.1 Å². The zero-order valence-electron chi connectivity index (χ0n) is 6.14. The van der Waals surface area contributed by atoms with Gasteiger partial charge in [0.15, 0.2) is 5.78 Å². The molecule has 0 aromatic carbocycles. The Morgan fingerprint density at radius 2 is 1.73 bits per heavy atom. The van der Waals surface area contributed by atoms with Gasteiger partial charge in [-0.05, 0) is 0 Å². The van der Waals surface area contributed by atoms with E-state index in [-0.39, 0.29) is 0 Å². The third-order valence-electron chi connectivity index (χ3n) is 1.15. The Balaban J connectivity index is 4.26. The molecular weight excluding hydrogens is 161 g/mol. The Bertz CT molecular complexity index is 150. The number of carbonyl (C=O) groups is 1. The van der Waals surface area contributed by atoms with E-state index in [4.69, 9.17) is 5.11 Å². The molecule has 1 N–H and O–H groups in total. The van der Waals surface area contributed by atoms with Crippen LogP contribution in [-0.4, -0.2) is 23.2 Å². The normalized spacial score (nSPS) is 15.2. The molecule has 0 spiro atoms. The molecule has 0 aromatic heterocycles. The lowest BCUT2D eigenvalue weighted by molar-refractivity contribution is -0.205. The van der Waals surface area contributed by atoms with Crippen molar-refractivity contribution in [1.29, 1.82) is 0 Å². The summed E-state index contributed by atoms with van der Waals surface area (Å²) in [5.74, 6) is -2.00. The van der Waals surface area contributed by atoms with Gasteiger partial charge in [-0.2, -0.15) is 13.2 Å². The van der Waals surface area contributed by atoms with E-state index >= 15 is 0 Å². The van der Waals surface area contributed by atoms with Gasteiger partial charge in [-0.25, -0.2) is 0 Å². The fraction of sp³-hybridized carbons (Fsp3) is 0.833. The van der Waals surface area contributed by atoms with Crippen LogP contribution in [0, 0.1) is 5.92 Å². The van der Waals surface area contributed by atoms with Gasteiger partial charge >= 0.3 is 6.18 Å². The first-order valence-corrected chi connectivity index (χ1v) is 3.05. The smallest absolute Gasteiger partial charge is 0.377 e. The van der Waals surface area contributed by atoms with Crippen LogP contribution in [0.5, 0.6) is 0 Å². The van der Waals surface area contributed by atoms with Crippen molar-refractivity contribution in [2.24, 2.45) is 5.92 Å². The summed E-state index contributed by atoms with van der Waals surface area (Å²) in [7, 11) is 0. The molecular formula is C6H9F3O2. The molecule has 0 amide bonds. The van der Waals surface area contributed by atoms with E-state index in [0.29, 0.717) is 0 Å². The molecule has 0 radical (unpaired) electrons. The van der Waals surface area contributed by atoms with Crippen LogP contribution >= 0.6 is 0 Å². The second kappa shape index (κ2) is 3.21. The van der Waals surface area contributed by atoms with E-state index in [9.17, 15) is 18.0 Å². The summed E-state index contributed by atoms with van der Waals surface area (Å²) in [5.41, 5.74) is 0. The summed E-state index contributed by atoms with van der Waals surface area (Å²) in [5, 5.41) is 8.35. The lowest BCUT2D eigenvalue weighted by atomic mass is 10.0. The van der Waals surface area contributed by atoms with Gasteiger partial charge in [-0.15, -0.1) is 0 Å². The Hall–Kier alpha value is -0.580. The maximum Gasteiger partial charge on any atom is 0.421 e. The van der Waals surface area contributed by atoms with E-state index in [1.54, 1.807) is 0 Å². The van der Waals surface area contributed by atoms with Gasteiger partial charge in [-0.3, -0.25) is 4.79 Å². The third kappa shape index (κ3) is 2.88. The van der Waals surface area contributed by atoms with Crippen molar-refractivity contribution in [1.82, 2.24) is 0 Å². The number of aliphatic hydroxyl groups excluding tert-OH is 1. The zero-order valence-corrected chi connectivity index (χ0v) is 6.14. The molecule has 0 aliphatic heterocycles. The van der Waals surface area contributed by atoms with Gasteiger partial charge in [0.2, 0.25) is 6.10 Å². The van der Waals surface area contributed by atoms with E-state index < -0.39 is 24.0 Å². The van der Waals surface area contributed by atoms with Gasteiger partial charge in [0.05, 0.1) is 0 Å². The van der Waals surface area contributed by atoms with Crippen LogP contribution in [0.3, 0.4) is 0 Å². The maximum absolute atomic E-state index is 11.6. The van der Waals surface area contributed by atoms with Gasteiger partial charge in [0.1, 0.15) is 0 Å². The van der Waals surface area contributed by atoms with Crippen LogP contribution < -0.4 is 0 Å². The van der Waals surface area contributed by atoms with E-state index in [2.05, 4.69) is 0 Å². The monoisotopic (exact) mass is 170 g/mol. The van der Waals surface area contributed by atoms with Crippen LogP contribution in [0.4, 0.5) is 13.2 Å². The number of carbonyl (C=O) groups excluding carboxylic acids is 1. The Morgan fingerprint density at radius 3 is 1.82 bits per heavy atom. The Labute approximate surface area is 62.0 Å². The number of halogens is 3. The number of rotatable bonds is 2. The predicted octanol–water partition coefficient (Wildman–Crippen LogP) is 1.13. The van der Waals surface area contributed by atoms with Gasteiger partial charge in [0.25, 0.3) is 0 Å². The van der Waals surface area contributed by atoms with Crippen molar-refractivity contribution in [3.63, 3.8) is 0 Å². The van der Waals surface area contributed by atoms with Crippen LogP contribution in [-0.2, 0) is 4.79 Å². The SMILES string of the molecule is CC(C)C(=O)[C@@H](O)C(F)(F)F. The van der Waals surface area contributed by atoms with Gasteiger partial charge in [0, 0.05) is 5.92 Å². The topological polar surface area (TPSA) is 37.3 Å². The lowest BCUT2D eigenvalue weighted by Crippen LogP contribution is -2.38. The highest BCUT2D eigenvalue weighted by molar-refractivity contribution is 5.85. The highest BCUT2D eigenvalue weighted by Gasteiger charge is 2.43. The molecule has 2 nitrogen and oxygen atoms in total. The minimum atomic E-state index is -4.83. The zero-order chi connectivity index (χ0) is 9.23. The van der Waals surface area contributed by atoms with Crippen molar-refractivity contribution in [3.05, 3.63) is 0 Å². The molecule has 0 aromatic rings. The summed E-state index contributed by atoms with van der Waals surface area (Å²) in [6.45, 7) is 2.61. The van der Waals surface area contributed by atoms with E-state index in [0.717, 1.165) is 0 Å². The number of hydrogen-bond acceptors (Lipinski definition) is 2. The summed E-state index contributed by atoms with van der Waals surface area (Å²) >= 11 is 0. The molecule has 0 saturated carbocycles. The fourth-order valence-electron chi connectivity index (χ4n) is 0.477. The quantitative estimate of drug-likeness (QED) is 0.674. The van der Waals surface area contributed by atoms with Crippen LogP contribution in [0.15, 0.2) is 0 Å². The first kappa shape index (κ1) is 10.4. The van der Waals surface area contributed by atoms with Crippen LogP contribution in [0.1, 0.15) is 13.8 Å². The van der Waals surface area contributed by atoms with Gasteiger partial charge in [-0.1, -0.05) is 13.8 Å². The average Bonchev–Trinajstić information content (AvgIpc) is 1.82. The molecule has 66 valence electrons. The Kier molecular flexibility index (Phi) is 3.04. The summed E-state index contributed by atoms with van der Waals surface area (Å²) in [4.78, 5) is 10.5. The minimum absolute atomic E-state index is 0.799. The van der Waals surface area contributed by atoms with Crippen molar-refractivity contribution >= 4 is 5.78 Å². The average molecular weight is 170 g/mol. The second-order valence-corrected chi connectivity index (χ2v) is 2.50. The lowest BCUT2D eigenvalue weighted by Gasteiger charge is -2.14. The van der Waals surface area contributed by atoms with Crippen LogP contribution in [0.25, 0.3) is 0 Å². The van der Waals surface area contributed by atoms with Crippen molar-refractivity contribution in [2.45, 2.75) is 26.1 Å². The number of aliphatic hydroxyl groups is 1. The molecule has 0 bridgehead atoms. The molecule has 0 saturated heterocycles. The molecule has 1 atom stereocenters. The highest BCUT2D eigenvalue weighted by atomic mass is 19.4. The number of hydrogen-bond donors (Lipinski definition) is 1. The largest absolute Gasteiger partial charge is 0.421 e. The molecule has 0 aliphatic carbocycles. The van der Waals surface area contributed by atoms with Gasteiger partial charge < -0.3 is 5.11 Å². The predicted molar refractivity (Wildman–Crippen MR) is 31.9 cm³/mol. The van der Waals surface area contributed by atoms with E-state index in [1.807, 2.05) is 0 Å². The number of alkyl halides is 3. The molecule has 0 heterocycles. The first-order valence-electron chi connectivity index (χ1n) is 3.05. The molecule has 0 unspecified atom stereocenters. The second-order valence-electron chi connectivity index (χ2n) is 2.50. The third-order valence-corrected chi connectivity index (χ3v) is 1.15. The summed E-state index contributed by atoms with van der Waals surface area (Å²) < 4.78 is 34.8. The minimum Gasteiger partial charge on any atom is -0.377 e.